The highest BCUT2D eigenvalue weighted by Gasteiger charge is 2.41. The van der Waals surface area contributed by atoms with Crippen LogP contribution in [-0.2, 0) is 22.8 Å². The summed E-state index contributed by atoms with van der Waals surface area (Å²) in [5.41, 5.74) is 2.63. The van der Waals surface area contributed by atoms with Crippen molar-refractivity contribution in [3.8, 4) is 0 Å². The Balaban J connectivity index is 1.27. The molecule has 1 aromatic carbocycles. The molecule has 11 heteroatoms. The minimum Gasteiger partial charge on any atom is -0.346 e. The lowest BCUT2D eigenvalue weighted by molar-refractivity contribution is -0.183. The summed E-state index contributed by atoms with van der Waals surface area (Å²) in [6, 6.07) is 8.81. The number of sulfone groups is 1. The number of amides is 1. The van der Waals surface area contributed by atoms with Gasteiger partial charge in [0.2, 0.25) is 0 Å². The Bertz CT molecular complexity index is 1420. The minimum absolute atomic E-state index is 0.00928. The molecule has 0 bridgehead atoms. The molecule has 2 heterocycles. The number of aromatic nitrogens is 3. The van der Waals surface area contributed by atoms with Crippen LogP contribution in [-0.4, -0.2) is 40.8 Å². The molecule has 0 saturated heterocycles. The van der Waals surface area contributed by atoms with Gasteiger partial charge in [0.15, 0.2) is 9.84 Å². The van der Waals surface area contributed by atoms with Gasteiger partial charge in [-0.05, 0) is 74.8 Å². The summed E-state index contributed by atoms with van der Waals surface area (Å²) >= 11 is 0. The second kappa shape index (κ2) is 10.3. The van der Waals surface area contributed by atoms with Crippen molar-refractivity contribution in [1.29, 1.82) is 0 Å². The zero-order chi connectivity index (χ0) is 27.1. The summed E-state index contributed by atoms with van der Waals surface area (Å²) in [6.07, 6.45) is 1.37. The highest BCUT2D eigenvalue weighted by Crippen LogP contribution is 2.42. The number of imidazole rings is 1. The lowest BCUT2D eigenvalue weighted by Crippen LogP contribution is -2.28. The highest BCUT2D eigenvalue weighted by atomic mass is 32.2. The van der Waals surface area contributed by atoms with E-state index in [1.807, 2.05) is 6.07 Å². The average Bonchev–Trinajstić information content (AvgIpc) is 3.67. The van der Waals surface area contributed by atoms with Crippen molar-refractivity contribution >= 4 is 26.8 Å². The normalized spacial score (nSPS) is 20.5. The molecule has 1 amide bonds. The molecule has 1 N–H and O–H groups in total. The highest BCUT2D eigenvalue weighted by molar-refractivity contribution is 7.91. The fourth-order valence-electron chi connectivity index (χ4n) is 5.27. The van der Waals surface area contributed by atoms with Gasteiger partial charge in [-0.25, -0.2) is 13.4 Å². The molecule has 0 aliphatic heterocycles. The van der Waals surface area contributed by atoms with Gasteiger partial charge in [-0.15, -0.1) is 0 Å². The van der Waals surface area contributed by atoms with E-state index >= 15 is 0 Å². The van der Waals surface area contributed by atoms with E-state index in [1.165, 1.54) is 12.3 Å². The Morgan fingerprint density at radius 1 is 1.08 bits per heavy atom. The summed E-state index contributed by atoms with van der Waals surface area (Å²) < 4.78 is 65.3. The Hall–Kier alpha value is -2.95. The van der Waals surface area contributed by atoms with E-state index < -0.39 is 21.9 Å². The second-order valence-electron chi connectivity index (χ2n) is 10.4. The van der Waals surface area contributed by atoms with E-state index in [0.29, 0.717) is 42.1 Å². The first-order valence-electron chi connectivity index (χ1n) is 13.1. The van der Waals surface area contributed by atoms with E-state index in [4.69, 9.17) is 4.98 Å². The van der Waals surface area contributed by atoms with E-state index in [0.717, 1.165) is 24.2 Å². The number of nitrogens with one attached hydrogen (secondary N) is 1. The van der Waals surface area contributed by atoms with Crippen LogP contribution in [0.25, 0.3) is 11.0 Å². The lowest BCUT2D eigenvalue weighted by Gasteiger charge is -2.29. The van der Waals surface area contributed by atoms with Crippen LogP contribution in [0, 0.1) is 11.8 Å². The summed E-state index contributed by atoms with van der Waals surface area (Å²) in [4.78, 5) is 22.0. The molecule has 2 aliphatic carbocycles. The monoisotopic (exact) mass is 548 g/mol. The van der Waals surface area contributed by atoms with Gasteiger partial charge in [0.05, 0.1) is 39.8 Å². The molecular formula is C27H31F3N4O3S. The van der Waals surface area contributed by atoms with Gasteiger partial charge in [0.1, 0.15) is 5.82 Å². The lowest BCUT2D eigenvalue weighted by atomic mass is 9.80. The van der Waals surface area contributed by atoms with E-state index in [2.05, 4.69) is 14.9 Å². The fraction of sp³-hybridized carbons (Fsp3) is 0.519. The van der Waals surface area contributed by atoms with Gasteiger partial charge in [-0.2, -0.15) is 13.2 Å². The Labute approximate surface area is 219 Å². The SMILES string of the molecule is CCS(=O)(=O)c1ccc(CNC(=O)c2ccc3c(c2)nc(C[C@H]2CC[C@H](C(F)(F)F)CC2)n3C2CC2)nc1. The molecule has 5 rings (SSSR count). The van der Waals surface area contributed by atoms with Crippen molar-refractivity contribution in [1.82, 2.24) is 19.9 Å². The Morgan fingerprint density at radius 2 is 1.82 bits per heavy atom. The molecule has 0 unspecified atom stereocenters. The van der Waals surface area contributed by atoms with Gasteiger partial charge in [0.25, 0.3) is 5.91 Å². The van der Waals surface area contributed by atoms with E-state index in [-0.39, 0.29) is 41.9 Å². The van der Waals surface area contributed by atoms with E-state index in [9.17, 15) is 26.4 Å². The molecular weight excluding hydrogens is 517 g/mol. The average molecular weight is 549 g/mol. The largest absolute Gasteiger partial charge is 0.391 e. The number of nitrogens with zero attached hydrogens (tertiary/aromatic N) is 3. The van der Waals surface area contributed by atoms with Crippen molar-refractivity contribution in [3.05, 3.63) is 53.6 Å². The molecule has 0 atom stereocenters. The number of benzene rings is 1. The quantitative estimate of drug-likeness (QED) is 0.407. The van der Waals surface area contributed by atoms with Gasteiger partial charge >= 0.3 is 6.18 Å². The van der Waals surface area contributed by atoms with Gasteiger partial charge in [0, 0.05) is 24.2 Å². The van der Waals surface area contributed by atoms with Crippen LogP contribution in [0.4, 0.5) is 13.2 Å². The molecule has 0 spiro atoms. The Kier molecular flexibility index (Phi) is 7.23. The number of carbonyl (C=O) groups excluding carboxylic acids is 1. The summed E-state index contributed by atoms with van der Waals surface area (Å²) in [5.74, 6) is -0.435. The van der Waals surface area contributed by atoms with Crippen molar-refractivity contribution in [2.75, 3.05) is 5.75 Å². The van der Waals surface area contributed by atoms with Crippen LogP contribution in [0.5, 0.6) is 0 Å². The number of pyridine rings is 1. The standard InChI is InChI=1S/C27H31F3N4O3S/c1-2-38(36,37)22-11-8-20(31-16-22)15-32-26(35)18-5-12-24-23(14-18)33-25(34(24)21-9-10-21)13-17-3-6-19(7-4-17)27(28,29)30/h5,8,11-12,14,16-17,19,21H,2-4,6-7,9-10,13,15H2,1H3,(H,32,35)/t17-,19-. The van der Waals surface area contributed by atoms with Crippen LogP contribution in [0.2, 0.25) is 0 Å². The number of carbonyl (C=O) groups is 1. The first-order chi connectivity index (χ1) is 18.0. The third-order valence-corrected chi connectivity index (χ3v) is 9.40. The maximum Gasteiger partial charge on any atom is 0.391 e. The van der Waals surface area contributed by atoms with Crippen LogP contribution >= 0.6 is 0 Å². The Morgan fingerprint density at radius 3 is 2.42 bits per heavy atom. The molecule has 3 aromatic rings. The molecule has 204 valence electrons. The van der Waals surface area contributed by atoms with Crippen LogP contribution in [0.3, 0.4) is 0 Å². The molecule has 2 saturated carbocycles. The molecule has 7 nitrogen and oxygen atoms in total. The van der Waals surface area contributed by atoms with Gasteiger partial charge in [-0.3, -0.25) is 9.78 Å². The zero-order valence-electron chi connectivity index (χ0n) is 21.2. The molecule has 2 aromatic heterocycles. The number of alkyl halides is 3. The van der Waals surface area contributed by atoms with Crippen molar-refractivity contribution in [3.63, 3.8) is 0 Å². The number of hydrogen-bond acceptors (Lipinski definition) is 5. The van der Waals surface area contributed by atoms with Crippen molar-refractivity contribution in [2.24, 2.45) is 11.8 Å². The fourth-order valence-corrected chi connectivity index (χ4v) is 6.09. The maximum absolute atomic E-state index is 13.1. The predicted molar refractivity (Wildman–Crippen MR) is 136 cm³/mol. The molecule has 2 aliphatic rings. The zero-order valence-corrected chi connectivity index (χ0v) is 22.0. The van der Waals surface area contributed by atoms with Crippen molar-refractivity contribution < 1.29 is 26.4 Å². The summed E-state index contributed by atoms with van der Waals surface area (Å²) in [5, 5.41) is 2.81. The van der Waals surface area contributed by atoms with Crippen molar-refractivity contribution in [2.45, 2.75) is 75.5 Å². The predicted octanol–water partition coefficient (Wildman–Crippen LogP) is 5.40. The third kappa shape index (κ3) is 5.72. The number of halogens is 3. The first kappa shape index (κ1) is 26.6. The second-order valence-corrected chi connectivity index (χ2v) is 12.6. The van der Waals surface area contributed by atoms with Crippen LogP contribution < -0.4 is 5.32 Å². The summed E-state index contributed by atoms with van der Waals surface area (Å²) in [6.45, 7) is 1.71. The van der Waals surface area contributed by atoms with E-state index in [1.54, 1.807) is 25.1 Å². The minimum atomic E-state index is -4.11. The van der Waals surface area contributed by atoms with Crippen LogP contribution in [0.15, 0.2) is 41.4 Å². The molecule has 0 radical (unpaired) electrons. The maximum atomic E-state index is 13.1. The first-order valence-corrected chi connectivity index (χ1v) is 14.7. The number of fused-ring (bicyclic) bond motifs is 1. The molecule has 38 heavy (non-hydrogen) atoms. The number of hydrogen-bond donors (Lipinski definition) is 1. The number of rotatable bonds is 8. The van der Waals surface area contributed by atoms with Crippen LogP contribution in [0.1, 0.15) is 73.4 Å². The van der Waals surface area contributed by atoms with Gasteiger partial charge < -0.3 is 9.88 Å². The smallest absolute Gasteiger partial charge is 0.346 e. The van der Waals surface area contributed by atoms with Gasteiger partial charge in [-0.1, -0.05) is 6.92 Å². The third-order valence-electron chi connectivity index (χ3n) is 7.68. The topological polar surface area (TPSA) is 94.0 Å². The molecule has 2 fully saturated rings. The summed E-state index contributed by atoms with van der Waals surface area (Å²) in [7, 11) is -3.34.